The van der Waals surface area contributed by atoms with Gasteiger partial charge >= 0.3 is 0 Å². The lowest BCUT2D eigenvalue weighted by atomic mass is 9.87. The summed E-state index contributed by atoms with van der Waals surface area (Å²) in [6.07, 6.45) is 12.8. The van der Waals surface area contributed by atoms with Crippen molar-refractivity contribution in [1.82, 2.24) is 9.80 Å². The fraction of sp³-hybridized carbons (Fsp3) is 0.361. The fourth-order valence-electron chi connectivity index (χ4n) is 5.51. The number of aliphatic imine (C=N–C) groups is 1. The molecule has 1 saturated heterocycles. The summed E-state index contributed by atoms with van der Waals surface area (Å²) >= 11 is 0. The van der Waals surface area contributed by atoms with Crippen LogP contribution in [0.15, 0.2) is 106 Å². The van der Waals surface area contributed by atoms with Crippen LogP contribution in [-0.4, -0.2) is 59.8 Å². The molecule has 1 amide bonds. The molecule has 0 radical (unpaired) electrons. The molecule has 0 aromatic heterocycles. The molecule has 5 nitrogen and oxygen atoms in total. The molecule has 1 heterocycles. The molecule has 43 heavy (non-hydrogen) atoms. The van der Waals surface area contributed by atoms with Crippen LogP contribution in [0.2, 0.25) is 0 Å². The van der Waals surface area contributed by atoms with E-state index in [1.54, 1.807) is 23.1 Å². The first-order valence-corrected chi connectivity index (χ1v) is 14.7. The Bertz CT molecular complexity index is 1470. The topological polar surface area (TPSA) is 59.7 Å². The van der Waals surface area contributed by atoms with Gasteiger partial charge < -0.3 is 9.80 Å². The zero-order valence-corrected chi connectivity index (χ0v) is 25.9. The van der Waals surface area contributed by atoms with E-state index >= 15 is 4.39 Å². The Kier molecular flexibility index (Phi) is 12.2. The third kappa shape index (κ3) is 8.38. The molecule has 1 fully saturated rings. The van der Waals surface area contributed by atoms with Crippen LogP contribution in [-0.2, 0) is 4.79 Å². The number of carbonyl (C=O) groups excluding carboxylic acids is 1. The third-order valence-corrected chi connectivity index (χ3v) is 7.75. The Morgan fingerprint density at radius 3 is 2.65 bits per heavy atom. The zero-order valence-electron chi connectivity index (χ0n) is 25.9. The minimum Gasteiger partial charge on any atom is -0.368 e. The summed E-state index contributed by atoms with van der Waals surface area (Å²) in [5.41, 5.74) is 5.91. The van der Waals surface area contributed by atoms with Gasteiger partial charge in [-0.3, -0.25) is 9.79 Å². The second kappa shape index (κ2) is 15.8. The number of amides is 1. The number of hydrogen-bond acceptors (Lipinski definition) is 4. The number of alkyl halides is 1. The normalized spacial score (nSPS) is 19.3. The van der Waals surface area contributed by atoms with Crippen molar-refractivity contribution in [2.45, 2.75) is 59.7 Å². The molecule has 3 rings (SSSR count). The molecule has 7 heteroatoms. The third-order valence-electron chi connectivity index (χ3n) is 7.75. The van der Waals surface area contributed by atoms with Crippen LogP contribution in [0.3, 0.4) is 0 Å². The van der Waals surface area contributed by atoms with Gasteiger partial charge in [0.25, 0.3) is 5.91 Å². The summed E-state index contributed by atoms with van der Waals surface area (Å²) in [6.45, 7) is 15.2. The molecule has 2 atom stereocenters. The summed E-state index contributed by atoms with van der Waals surface area (Å²) in [5, 5.41) is 9.55. The van der Waals surface area contributed by atoms with E-state index in [2.05, 4.69) is 17.5 Å². The van der Waals surface area contributed by atoms with Gasteiger partial charge in [0, 0.05) is 54.6 Å². The largest absolute Gasteiger partial charge is 0.368 e. The highest BCUT2D eigenvalue weighted by atomic mass is 19.1. The maximum Gasteiger partial charge on any atom is 0.256 e. The van der Waals surface area contributed by atoms with Gasteiger partial charge in [-0.2, -0.15) is 5.26 Å². The first-order chi connectivity index (χ1) is 20.6. The summed E-state index contributed by atoms with van der Waals surface area (Å²) in [4.78, 5) is 21.2. The monoisotopic (exact) mass is 584 g/mol. The van der Waals surface area contributed by atoms with Gasteiger partial charge in [-0.15, -0.1) is 0 Å². The van der Waals surface area contributed by atoms with E-state index < -0.39 is 12.1 Å². The maximum absolute atomic E-state index is 15.4. The lowest BCUT2D eigenvalue weighted by Gasteiger charge is -2.43. The van der Waals surface area contributed by atoms with Gasteiger partial charge in [0.1, 0.15) is 5.82 Å². The van der Waals surface area contributed by atoms with E-state index in [0.717, 1.165) is 28.1 Å². The van der Waals surface area contributed by atoms with Crippen molar-refractivity contribution < 1.29 is 13.6 Å². The second-order valence-corrected chi connectivity index (χ2v) is 10.8. The molecular formula is C36H42F2N4O. The summed E-state index contributed by atoms with van der Waals surface area (Å²) in [6, 6.07) is 8.81. The van der Waals surface area contributed by atoms with Gasteiger partial charge in [0.05, 0.1) is 18.2 Å². The Balaban J connectivity index is 2.17. The Hall–Kier alpha value is -4.31. The Morgan fingerprint density at radius 2 is 2.02 bits per heavy atom. The zero-order chi connectivity index (χ0) is 31.5. The summed E-state index contributed by atoms with van der Waals surface area (Å²) in [5.74, 6) is -0.844. The van der Waals surface area contributed by atoms with Gasteiger partial charge in [-0.1, -0.05) is 55.2 Å². The van der Waals surface area contributed by atoms with E-state index in [4.69, 9.17) is 4.99 Å². The van der Waals surface area contributed by atoms with Crippen molar-refractivity contribution in [3.05, 3.63) is 113 Å². The first kappa shape index (κ1) is 33.2. The van der Waals surface area contributed by atoms with Crippen LogP contribution in [0.4, 0.5) is 8.78 Å². The molecule has 1 aromatic rings. The average Bonchev–Trinajstić information content (AvgIpc) is 3.25. The number of carbonyl (C=O) groups is 1. The number of hydrogen-bond donors (Lipinski definition) is 0. The van der Waals surface area contributed by atoms with Crippen LogP contribution in [0.25, 0.3) is 5.57 Å². The highest BCUT2D eigenvalue weighted by molar-refractivity contribution is 6.15. The molecule has 0 N–H and O–H groups in total. The highest BCUT2D eigenvalue weighted by Gasteiger charge is 2.31. The molecule has 1 aromatic carbocycles. The molecule has 1 aliphatic carbocycles. The highest BCUT2D eigenvalue weighted by Crippen LogP contribution is 2.34. The van der Waals surface area contributed by atoms with Crippen LogP contribution in [0.1, 0.15) is 53.0 Å². The summed E-state index contributed by atoms with van der Waals surface area (Å²) < 4.78 is 29.2. The average molecular weight is 585 g/mol. The number of benzene rings is 1. The minimum atomic E-state index is -1.55. The minimum absolute atomic E-state index is 0.108. The number of halogens is 2. The maximum atomic E-state index is 15.4. The quantitative estimate of drug-likeness (QED) is 0.161. The van der Waals surface area contributed by atoms with Crippen molar-refractivity contribution in [1.29, 1.82) is 5.26 Å². The van der Waals surface area contributed by atoms with Gasteiger partial charge in [0.2, 0.25) is 0 Å². The molecule has 1 aliphatic heterocycles. The van der Waals surface area contributed by atoms with Crippen molar-refractivity contribution >= 4 is 17.2 Å². The predicted molar refractivity (Wildman–Crippen MR) is 172 cm³/mol. The SMILES string of the molecule is C=C(CC(=NC/C=C\C)C(/C(=C\C)c1ccccc1F)=C(\C)N1CCN(C(=O)C(C)F)C[C@@H]1C)C1=CC(C#N)=CC=CC1. The smallest absolute Gasteiger partial charge is 0.256 e. The molecule has 2 aliphatic rings. The molecule has 0 saturated carbocycles. The number of allylic oxidation sites excluding steroid dienone is 12. The van der Waals surface area contributed by atoms with E-state index in [9.17, 15) is 14.4 Å². The van der Waals surface area contributed by atoms with Crippen molar-refractivity contribution in [2.24, 2.45) is 4.99 Å². The second-order valence-electron chi connectivity index (χ2n) is 10.8. The Morgan fingerprint density at radius 1 is 1.28 bits per heavy atom. The number of nitrogens with zero attached hydrogens (tertiary/aromatic N) is 4. The standard InChI is InChI=1S/C36H42F2N4O/c1-7-9-18-40-34(21-25(3)30-15-11-10-14-29(22-30)23-39)35(31(8-2)32-16-12-13-17-33(32)38)28(6)42-20-19-41(24-26(42)4)36(43)27(5)37/h7-14,16-17,22,26-27H,3,15,18-21,24H2,1-2,4-6H3/b9-7-,31-8-,35-28+,40-34?/t26-,27?/m0/s1. The van der Waals surface area contributed by atoms with Crippen LogP contribution >= 0.6 is 0 Å². The van der Waals surface area contributed by atoms with Gasteiger partial charge in [-0.25, -0.2) is 8.78 Å². The van der Waals surface area contributed by atoms with Crippen LogP contribution < -0.4 is 0 Å². The van der Waals surface area contributed by atoms with Crippen LogP contribution in [0, 0.1) is 17.1 Å². The number of piperazine rings is 1. The molecular weight excluding hydrogens is 542 g/mol. The number of rotatable bonds is 10. The lowest BCUT2D eigenvalue weighted by Crippen LogP contribution is -2.54. The van der Waals surface area contributed by atoms with Crippen molar-refractivity contribution in [3.8, 4) is 6.07 Å². The van der Waals surface area contributed by atoms with Gasteiger partial charge in [0.15, 0.2) is 6.17 Å². The number of nitriles is 1. The van der Waals surface area contributed by atoms with E-state index in [0.29, 0.717) is 55.7 Å². The molecule has 1 unspecified atom stereocenters. The predicted octanol–water partition coefficient (Wildman–Crippen LogP) is 7.69. The van der Waals surface area contributed by atoms with Crippen LogP contribution in [0.5, 0.6) is 0 Å². The molecule has 226 valence electrons. The Labute approximate surface area is 255 Å². The van der Waals surface area contributed by atoms with Crippen molar-refractivity contribution in [3.63, 3.8) is 0 Å². The van der Waals surface area contributed by atoms with Crippen molar-refractivity contribution in [2.75, 3.05) is 26.2 Å². The van der Waals surface area contributed by atoms with E-state index in [1.165, 1.54) is 13.0 Å². The first-order valence-electron chi connectivity index (χ1n) is 14.7. The molecule has 0 spiro atoms. The molecule has 0 bridgehead atoms. The van der Waals surface area contributed by atoms with Gasteiger partial charge in [-0.05, 0) is 76.0 Å². The summed E-state index contributed by atoms with van der Waals surface area (Å²) in [7, 11) is 0. The lowest BCUT2D eigenvalue weighted by molar-refractivity contribution is -0.138. The van der Waals surface area contributed by atoms with E-state index in [1.807, 2.05) is 70.2 Å². The fourth-order valence-corrected chi connectivity index (χ4v) is 5.51. The van der Waals surface area contributed by atoms with E-state index in [-0.39, 0.29) is 11.9 Å².